The summed E-state index contributed by atoms with van der Waals surface area (Å²) in [6, 6.07) is 2.42. The zero-order valence-corrected chi connectivity index (χ0v) is 11.1. The zero-order valence-electron chi connectivity index (χ0n) is 10.2. The SMILES string of the molecule is O=Cc1ccc(S(=O)(=O)NC2CCOC2C2CC2)o1. The average molecular weight is 285 g/mol. The number of carbonyl (C=O) groups is 1. The Morgan fingerprint density at radius 3 is 2.68 bits per heavy atom. The summed E-state index contributed by atoms with van der Waals surface area (Å²) in [5.74, 6) is 0.471. The van der Waals surface area contributed by atoms with E-state index < -0.39 is 10.0 Å². The number of carbonyl (C=O) groups excluding carboxylic acids is 1. The zero-order chi connectivity index (χ0) is 13.5. The van der Waals surface area contributed by atoms with E-state index in [1.165, 1.54) is 12.1 Å². The van der Waals surface area contributed by atoms with E-state index in [-0.39, 0.29) is 23.0 Å². The van der Waals surface area contributed by atoms with Gasteiger partial charge in [0.1, 0.15) is 0 Å². The molecule has 2 atom stereocenters. The van der Waals surface area contributed by atoms with Crippen LogP contribution in [0.5, 0.6) is 0 Å². The molecule has 7 heteroatoms. The van der Waals surface area contributed by atoms with Gasteiger partial charge in [0.25, 0.3) is 10.0 Å². The van der Waals surface area contributed by atoms with E-state index in [0.29, 0.717) is 25.2 Å². The third kappa shape index (κ3) is 2.58. The maximum Gasteiger partial charge on any atom is 0.274 e. The van der Waals surface area contributed by atoms with Crippen LogP contribution in [-0.2, 0) is 14.8 Å². The Bertz CT molecular complexity index is 575. The molecule has 2 fully saturated rings. The Kier molecular flexibility index (Phi) is 3.20. The predicted octanol–water partition coefficient (Wildman–Crippen LogP) is 0.938. The monoisotopic (exact) mass is 285 g/mol. The Morgan fingerprint density at radius 2 is 2.05 bits per heavy atom. The lowest BCUT2D eigenvalue weighted by molar-refractivity contribution is 0.0847. The Morgan fingerprint density at radius 1 is 1.26 bits per heavy atom. The van der Waals surface area contributed by atoms with Gasteiger partial charge in [-0.3, -0.25) is 4.79 Å². The summed E-state index contributed by atoms with van der Waals surface area (Å²) in [5, 5.41) is -0.226. The minimum atomic E-state index is -3.73. The molecule has 0 spiro atoms. The third-order valence-corrected chi connectivity index (χ3v) is 4.87. The molecular weight excluding hydrogens is 270 g/mol. The molecule has 1 aliphatic heterocycles. The van der Waals surface area contributed by atoms with E-state index in [1.54, 1.807) is 0 Å². The lowest BCUT2D eigenvalue weighted by atomic mass is 10.1. The summed E-state index contributed by atoms with van der Waals surface area (Å²) >= 11 is 0. The maximum absolute atomic E-state index is 12.1. The van der Waals surface area contributed by atoms with Crippen LogP contribution in [0.4, 0.5) is 0 Å². The van der Waals surface area contributed by atoms with E-state index in [1.807, 2.05) is 0 Å². The van der Waals surface area contributed by atoms with Crippen molar-refractivity contribution in [2.75, 3.05) is 6.61 Å². The second-order valence-corrected chi connectivity index (χ2v) is 6.61. The van der Waals surface area contributed by atoms with Gasteiger partial charge in [0.15, 0.2) is 12.0 Å². The van der Waals surface area contributed by atoms with Gasteiger partial charge in [-0.15, -0.1) is 0 Å². The molecule has 104 valence electrons. The molecule has 0 amide bonds. The van der Waals surface area contributed by atoms with Crippen molar-refractivity contribution < 1.29 is 22.4 Å². The third-order valence-electron chi connectivity index (χ3n) is 3.51. The second kappa shape index (κ2) is 4.73. The van der Waals surface area contributed by atoms with E-state index in [4.69, 9.17) is 9.15 Å². The van der Waals surface area contributed by atoms with Gasteiger partial charge in [0, 0.05) is 6.61 Å². The molecule has 19 heavy (non-hydrogen) atoms. The summed E-state index contributed by atoms with van der Waals surface area (Å²) in [7, 11) is -3.73. The molecule has 1 saturated heterocycles. The van der Waals surface area contributed by atoms with Crippen LogP contribution in [0.1, 0.15) is 29.8 Å². The van der Waals surface area contributed by atoms with Crippen molar-refractivity contribution in [3.63, 3.8) is 0 Å². The van der Waals surface area contributed by atoms with Gasteiger partial charge in [0.2, 0.25) is 5.09 Å². The highest BCUT2D eigenvalue weighted by Gasteiger charge is 2.42. The quantitative estimate of drug-likeness (QED) is 0.814. The molecule has 0 radical (unpaired) electrons. The van der Waals surface area contributed by atoms with Crippen LogP contribution in [0.3, 0.4) is 0 Å². The van der Waals surface area contributed by atoms with Gasteiger partial charge in [-0.25, -0.2) is 13.1 Å². The molecule has 1 aromatic rings. The van der Waals surface area contributed by atoms with Gasteiger partial charge in [-0.05, 0) is 37.3 Å². The van der Waals surface area contributed by atoms with Crippen LogP contribution >= 0.6 is 0 Å². The van der Waals surface area contributed by atoms with E-state index in [0.717, 1.165) is 12.8 Å². The topological polar surface area (TPSA) is 85.6 Å². The summed E-state index contributed by atoms with van der Waals surface area (Å²) in [6.07, 6.45) is 3.31. The fourth-order valence-corrected chi connectivity index (χ4v) is 3.65. The van der Waals surface area contributed by atoms with E-state index in [2.05, 4.69) is 4.72 Å². The van der Waals surface area contributed by atoms with Crippen molar-refractivity contribution in [1.82, 2.24) is 4.72 Å². The standard InChI is InChI=1S/C12H15NO5S/c14-7-9-3-4-11(18-9)19(15,16)13-10-5-6-17-12(10)8-1-2-8/h3-4,7-8,10,12-13H,1-2,5-6H2. The fraction of sp³-hybridized carbons (Fsp3) is 0.583. The molecule has 2 aliphatic rings. The largest absolute Gasteiger partial charge is 0.440 e. The van der Waals surface area contributed by atoms with E-state index >= 15 is 0 Å². The molecule has 1 aliphatic carbocycles. The van der Waals surface area contributed by atoms with Gasteiger partial charge >= 0.3 is 0 Å². The Hall–Kier alpha value is -1.18. The molecular formula is C12H15NO5S. The number of ether oxygens (including phenoxy) is 1. The number of nitrogens with one attached hydrogen (secondary N) is 1. The van der Waals surface area contributed by atoms with Crippen LogP contribution in [-0.4, -0.2) is 33.5 Å². The predicted molar refractivity (Wildman–Crippen MR) is 65.3 cm³/mol. The van der Waals surface area contributed by atoms with Gasteiger partial charge in [-0.1, -0.05) is 0 Å². The summed E-state index contributed by atoms with van der Waals surface area (Å²) < 4.78 is 37.4. The number of furan rings is 1. The smallest absolute Gasteiger partial charge is 0.274 e. The van der Waals surface area contributed by atoms with E-state index in [9.17, 15) is 13.2 Å². The first-order chi connectivity index (χ1) is 9.10. The Balaban J connectivity index is 1.75. The van der Waals surface area contributed by atoms with Crippen molar-refractivity contribution in [2.45, 2.75) is 36.5 Å². The van der Waals surface area contributed by atoms with Gasteiger partial charge in [0.05, 0.1) is 12.1 Å². The summed E-state index contributed by atoms with van der Waals surface area (Å²) in [6.45, 7) is 0.575. The average Bonchev–Trinajstić information content (AvgIpc) is 2.92. The molecule has 2 heterocycles. The number of aldehydes is 1. The Labute approximate surface area is 111 Å². The minimum absolute atomic E-state index is 0.00166. The van der Waals surface area contributed by atoms with Crippen LogP contribution in [0.25, 0.3) is 0 Å². The number of rotatable bonds is 5. The first kappa shape index (κ1) is 12.8. The molecule has 0 bridgehead atoms. The molecule has 1 aromatic heterocycles. The van der Waals surface area contributed by atoms with Crippen LogP contribution in [0, 0.1) is 5.92 Å². The molecule has 1 N–H and O–H groups in total. The molecule has 6 nitrogen and oxygen atoms in total. The van der Waals surface area contributed by atoms with Crippen molar-refractivity contribution in [3.8, 4) is 0 Å². The molecule has 1 saturated carbocycles. The number of hydrogen-bond donors (Lipinski definition) is 1. The van der Waals surface area contributed by atoms with Gasteiger partial charge < -0.3 is 9.15 Å². The van der Waals surface area contributed by atoms with Crippen LogP contribution in [0.2, 0.25) is 0 Å². The van der Waals surface area contributed by atoms with Crippen molar-refractivity contribution >= 4 is 16.3 Å². The molecule has 2 unspecified atom stereocenters. The number of hydrogen-bond acceptors (Lipinski definition) is 5. The van der Waals surface area contributed by atoms with Crippen LogP contribution < -0.4 is 4.72 Å². The maximum atomic E-state index is 12.1. The van der Waals surface area contributed by atoms with Gasteiger partial charge in [-0.2, -0.15) is 0 Å². The van der Waals surface area contributed by atoms with Crippen molar-refractivity contribution in [1.29, 1.82) is 0 Å². The van der Waals surface area contributed by atoms with Crippen molar-refractivity contribution in [2.24, 2.45) is 5.92 Å². The first-order valence-corrected chi connectivity index (χ1v) is 7.77. The normalized spacial score (nSPS) is 27.6. The minimum Gasteiger partial charge on any atom is -0.440 e. The highest BCUT2D eigenvalue weighted by atomic mass is 32.2. The summed E-state index contributed by atoms with van der Waals surface area (Å²) in [4.78, 5) is 10.5. The molecule has 0 aromatic carbocycles. The fourth-order valence-electron chi connectivity index (χ4n) is 2.43. The number of sulfonamides is 1. The highest BCUT2D eigenvalue weighted by molar-refractivity contribution is 7.89. The molecule has 3 rings (SSSR count). The summed E-state index contributed by atoms with van der Waals surface area (Å²) in [5.41, 5.74) is 0. The van der Waals surface area contributed by atoms with Crippen LogP contribution in [0.15, 0.2) is 21.6 Å². The first-order valence-electron chi connectivity index (χ1n) is 6.29. The lowest BCUT2D eigenvalue weighted by Crippen LogP contribution is -2.41. The lowest BCUT2D eigenvalue weighted by Gasteiger charge is -2.18. The highest BCUT2D eigenvalue weighted by Crippen LogP contribution is 2.39. The second-order valence-electron chi connectivity index (χ2n) is 4.96. The van der Waals surface area contributed by atoms with Crippen molar-refractivity contribution in [3.05, 3.63) is 17.9 Å².